The Morgan fingerprint density at radius 2 is 0.929 bits per heavy atom. The van der Waals surface area contributed by atoms with E-state index < -0.39 is 0 Å². The highest BCUT2D eigenvalue weighted by Crippen LogP contribution is 2.02. The molecular formula is C14H26. The Bertz CT molecular complexity index is 178. The van der Waals surface area contributed by atoms with Gasteiger partial charge in [-0.3, -0.25) is 0 Å². The Kier molecular flexibility index (Phi) is 13.7. The van der Waals surface area contributed by atoms with Gasteiger partial charge in [0.05, 0.1) is 0 Å². The number of hydrogen-bond donors (Lipinski definition) is 0. The lowest BCUT2D eigenvalue weighted by Crippen LogP contribution is -1.74. The normalized spacial score (nSPS) is 7.86. The zero-order valence-electron chi connectivity index (χ0n) is 10.7. The number of hydrogen-bond acceptors (Lipinski definition) is 0. The molecule has 0 N–H and O–H groups in total. The second kappa shape index (κ2) is 12.2. The van der Waals surface area contributed by atoms with Crippen molar-refractivity contribution in [3.63, 3.8) is 0 Å². The predicted molar refractivity (Wildman–Crippen MR) is 67.8 cm³/mol. The van der Waals surface area contributed by atoms with Crippen LogP contribution in [0.5, 0.6) is 0 Å². The van der Waals surface area contributed by atoms with E-state index in [2.05, 4.69) is 65.8 Å². The maximum absolute atomic E-state index is 2.12. The molecule has 0 atom stereocenters. The van der Waals surface area contributed by atoms with Crippen molar-refractivity contribution in [1.82, 2.24) is 0 Å². The quantitative estimate of drug-likeness (QED) is 0.536. The molecule has 0 heteroatoms. The van der Waals surface area contributed by atoms with Gasteiger partial charge in [-0.25, -0.2) is 0 Å². The van der Waals surface area contributed by atoms with E-state index in [1.807, 2.05) is 0 Å². The van der Waals surface area contributed by atoms with Crippen LogP contribution < -0.4 is 0 Å². The summed E-state index contributed by atoms with van der Waals surface area (Å²) in [6.07, 6.45) is 2.50. The van der Waals surface area contributed by atoms with Gasteiger partial charge in [0.25, 0.3) is 0 Å². The van der Waals surface area contributed by atoms with E-state index in [0.29, 0.717) is 0 Å². The average Bonchev–Trinajstić information content (AvgIpc) is 2.13. The topological polar surface area (TPSA) is 0 Å². The fourth-order valence-electron chi connectivity index (χ4n) is 0.663. The van der Waals surface area contributed by atoms with Crippen LogP contribution in [-0.2, 0) is 0 Å². The van der Waals surface area contributed by atoms with Crippen molar-refractivity contribution in [2.75, 3.05) is 0 Å². The lowest BCUT2D eigenvalue weighted by atomic mass is 10.1. The van der Waals surface area contributed by atoms with Crippen LogP contribution in [0.3, 0.4) is 0 Å². The van der Waals surface area contributed by atoms with Crippen LogP contribution in [0.25, 0.3) is 0 Å². The molecule has 1 aromatic rings. The smallest absolute Gasteiger partial charge is 0.0395 e. The molecule has 0 radical (unpaired) electrons. The van der Waals surface area contributed by atoms with E-state index in [0.717, 1.165) is 0 Å². The molecule has 0 aliphatic carbocycles. The largest absolute Gasteiger partial charge is 0.0656 e. The molecule has 0 heterocycles. The summed E-state index contributed by atoms with van der Waals surface area (Å²) in [5, 5.41) is 0. The molecule has 0 nitrogen and oxygen atoms in total. The van der Waals surface area contributed by atoms with Crippen molar-refractivity contribution in [2.45, 2.75) is 54.4 Å². The zero-order chi connectivity index (χ0) is 11.4. The van der Waals surface area contributed by atoms with E-state index in [4.69, 9.17) is 0 Å². The van der Waals surface area contributed by atoms with Crippen LogP contribution in [0.1, 0.15) is 51.7 Å². The minimum atomic E-state index is 1.25. The Labute approximate surface area is 90.4 Å². The van der Waals surface area contributed by atoms with Gasteiger partial charge < -0.3 is 0 Å². The molecule has 0 aliphatic rings. The molecule has 0 unspecified atom stereocenters. The summed E-state index contributed by atoms with van der Waals surface area (Å²) in [5.41, 5.74) is 2.74. The fourth-order valence-corrected chi connectivity index (χ4v) is 0.663. The van der Waals surface area contributed by atoms with Gasteiger partial charge in [0.1, 0.15) is 0 Å². The predicted octanol–water partition coefficient (Wildman–Crippen LogP) is 5.14. The van der Waals surface area contributed by atoms with Crippen LogP contribution in [0.2, 0.25) is 0 Å². The molecule has 14 heavy (non-hydrogen) atoms. The summed E-state index contributed by atoms with van der Waals surface area (Å²) >= 11 is 0. The van der Waals surface area contributed by atoms with Crippen molar-refractivity contribution in [3.05, 3.63) is 35.4 Å². The third-order valence-corrected chi connectivity index (χ3v) is 1.43. The zero-order valence-corrected chi connectivity index (χ0v) is 10.7. The molecule has 0 aromatic heterocycles. The second-order valence-electron chi connectivity index (χ2n) is 3.50. The first-order valence-electron chi connectivity index (χ1n) is 5.66. The van der Waals surface area contributed by atoms with Gasteiger partial charge in [-0.05, 0) is 25.0 Å². The van der Waals surface area contributed by atoms with E-state index >= 15 is 0 Å². The van der Waals surface area contributed by atoms with Crippen molar-refractivity contribution in [3.8, 4) is 0 Å². The van der Waals surface area contributed by atoms with E-state index in [1.165, 1.54) is 24.0 Å². The minimum Gasteiger partial charge on any atom is -0.0656 e. The molecule has 82 valence electrons. The van der Waals surface area contributed by atoms with Crippen molar-refractivity contribution in [1.29, 1.82) is 0 Å². The Balaban J connectivity index is 0. The summed E-state index contributed by atoms with van der Waals surface area (Å²) in [4.78, 5) is 0. The highest BCUT2D eigenvalue weighted by molar-refractivity contribution is 5.23. The molecular weight excluding hydrogens is 168 g/mol. The summed E-state index contributed by atoms with van der Waals surface area (Å²) in [6.45, 7) is 12.7. The van der Waals surface area contributed by atoms with Crippen molar-refractivity contribution in [2.24, 2.45) is 0 Å². The first kappa shape index (κ1) is 15.7. The van der Waals surface area contributed by atoms with Gasteiger partial charge in [-0.2, -0.15) is 0 Å². The molecule has 0 bridgehead atoms. The SMILES string of the molecule is CCC.CCC.Cc1ccccc1C. The maximum Gasteiger partial charge on any atom is -0.0395 e. The highest BCUT2D eigenvalue weighted by atomic mass is 13.9. The molecule has 1 aromatic carbocycles. The van der Waals surface area contributed by atoms with Crippen LogP contribution >= 0.6 is 0 Å². The van der Waals surface area contributed by atoms with Gasteiger partial charge in [0.2, 0.25) is 0 Å². The van der Waals surface area contributed by atoms with Crippen molar-refractivity contribution >= 4 is 0 Å². The van der Waals surface area contributed by atoms with Gasteiger partial charge in [-0.15, -0.1) is 0 Å². The third-order valence-electron chi connectivity index (χ3n) is 1.43. The van der Waals surface area contributed by atoms with Gasteiger partial charge in [0, 0.05) is 0 Å². The van der Waals surface area contributed by atoms with Crippen LogP contribution in [0.4, 0.5) is 0 Å². The molecule has 0 saturated carbocycles. The molecule has 0 amide bonds. The van der Waals surface area contributed by atoms with Gasteiger partial charge in [-0.1, -0.05) is 64.8 Å². The first-order chi connectivity index (χ1) is 6.63. The molecule has 0 fully saturated rings. The van der Waals surface area contributed by atoms with Crippen molar-refractivity contribution < 1.29 is 0 Å². The standard InChI is InChI=1S/C8H10.2C3H8/c1-7-5-3-4-6-8(7)2;2*1-3-2/h3-6H,1-2H3;2*3H2,1-2H3. The van der Waals surface area contributed by atoms with E-state index in [9.17, 15) is 0 Å². The van der Waals surface area contributed by atoms with Crippen LogP contribution in [0.15, 0.2) is 24.3 Å². The lowest BCUT2D eigenvalue weighted by Gasteiger charge is -1.93. The number of aryl methyl sites for hydroxylation is 2. The van der Waals surface area contributed by atoms with E-state index in [-0.39, 0.29) is 0 Å². The third kappa shape index (κ3) is 11.2. The summed E-state index contributed by atoms with van der Waals surface area (Å²) in [6, 6.07) is 8.36. The summed E-state index contributed by atoms with van der Waals surface area (Å²) < 4.78 is 0. The van der Waals surface area contributed by atoms with Crippen LogP contribution in [-0.4, -0.2) is 0 Å². The lowest BCUT2D eigenvalue weighted by molar-refractivity contribution is 1.09. The molecule has 0 spiro atoms. The maximum atomic E-state index is 2.12. The van der Waals surface area contributed by atoms with E-state index in [1.54, 1.807) is 0 Å². The highest BCUT2D eigenvalue weighted by Gasteiger charge is 1.83. The molecule has 0 aliphatic heterocycles. The summed E-state index contributed by atoms with van der Waals surface area (Å²) in [7, 11) is 0. The Morgan fingerprint density at radius 1 is 0.714 bits per heavy atom. The molecule has 1 rings (SSSR count). The first-order valence-corrected chi connectivity index (χ1v) is 5.66. The van der Waals surface area contributed by atoms with Gasteiger partial charge in [0.15, 0.2) is 0 Å². The number of rotatable bonds is 0. The minimum absolute atomic E-state index is 1.25. The Hall–Kier alpha value is -0.780. The average molecular weight is 194 g/mol. The molecule has 0 saturated heterocycles. The summed E-state index contributed by atoms with van der Waals surface area (Å²) in [5.74, 6) is 0. The Morgan fingerprint density at radius 3 is 1.07 bits per heavy atom. The monoisotopic (exact) mass is 194 g/mol. The fraction of sp³-hybridized carbons (Fsp3) is 0.571. The number of benzene rings is 1. The van der Waals surface area contributed by atoms with Crippen LogP contribution in [0, 0.1) is 13.8 Å². The second-order valence-corrected chi connectivity index (χ2v) is 3.50. The van der Waals surface area contributed by atoms with Gasteiger partial charge >= 0.3 is 0 Å².